The van der Waals surface area contributed by atoms with Crippen molar-refractivity contribution in [3.63, 3.8) is 0 Å². The summed E-state index contributed by atoms with van der Waals surface area (Å²) in [6.45, 7) is 5.64. The number of quaternary nitrogens is 1. The molecule has 0 aliphatic rings. The van der Waals surface area contributed by atoms with Gasteiger partial charge in [-0.05, 0) is 43.7 Å². The molecule has 2 heterocycles. The van der Waals surface area contributed by atoms with Crippen molar-refractivity contribution >= 4 is 10.9 Å². The fourth-order valence-corrected chi connectivity index (χ4v) is 3.35. The fourth-order valence-electron chi connectivity index (χ4n) is 3.35. The summed E-state index contributed by atoms with van der Waals surface area (Å²) in [4.78, 5) is 12.7. The lowest BCUT2D eigenvalue weighted by Gasteiger charge is -2.33. The molecule has 0 spiro atoms. The quantitative estimate of drug-likeness (QED) is 0.423. The van der Waals surface area contributed by atoms with E-state index < -0.39 is 0 Å². The largest absolute Gasteiger partial charge is 0.489 e. The van der Waals surface area contributed by atoms with Crippen molar-refractivity contribution in [1.82, 2.24) is 14.3 Å². The lowest BCUT2D eigenvalue weighted by molar-refractivity contribution is -0.932. The summed E-state index contributed by atoms with van der Waals surface area (Å²) in [7, 11) is 4.40. The Bertz CT molecular complexity index is 1240. The smallest absolute Gasteiger partial charge is 0.258 e. The van der Waals surface area contributed by atoms with E-state index in [0.717, 1.165) is 33.3 Å². The van der Waals surface area contributed by atoms with Gasteiger partial charge in [0, 0.05) is 23.3 Å². The molecular weight excluding hydrogens is 388 g/mol. The van der Waals surface area contributed by atoms with Crippen LogP contribution in [-0.2, 0) is 13.3 Å². The lowest BCUT2D eigenvalue weighted by atomic mass is 10.2. The normalized spacial score (nSPS) is 11.9. The molecule has 6 nitrogen and oxygen atoms in total. The highest BCUT2D eigenvalue weighted by atomic mass is 16.5. The fraction of sp³-hybridized carbons (Fsp3) is 0.280. The Morgan fingerprint density at radius 2 is 1.81 bits per heavy atom. The number of rotatable bonds is 7. The number of benzene rings is 2. The Labute approximate surface area is 182 Å². The van der Waals surface area contributed by atoms with Crippen molar-refractivity contribution in [3.05, 3.63) is 89.0 Å². The molecule has 4 aromatic rings. The number of nitrogens with zero attached hydrogens (tertiary/aromatic N) is 4. The van der Waals surface area contributed by atoms with E-state index in [2.05, 4.69) is 33.0 Å². The summed E-state index contributed by atoms with van der Waals surface area (Å²) in [5, 5.41) is 5.59. The van der Waals surface area contributed by atoms with Crippen molar-refractivity contribution in [2.75, 3.05) is 14.1 Å². The van der Waals surface area contributed by atoms with Crippen molar-refractivity contribution in [2.24, 2.45) is 0 Å². The van der Waals surface area contributed by atoms with Crippen molar-refractivity contribution < 1.29 is 9.22 Å². The molecule has 0 fully saturated rings. The molecule has 0 radical (unpaired) electrons. The maximum Gasteiger partial charge on any atom is 0.258 e. The molecule has 0 N–H and O–H groups in total. The van der Waals surface area contributed by atoms with E-state index in [1.54, 1.807) is 10.8 Å². The van der Waals surface area contributed by atoms with Gasteiger partial charge < -0.3 is 9.22 Å². The highest BCUT2D eigenvalue weighted by Crippen LogP contribution is 2.20. The molecule has 0 amide bonds. The van der Waals surface area contributed by atoms with E-state index in [1.807, 2.05) is 65.5 Å². The molecule has 0 saturated carbocycles. The first kappa shape index (κ1) is 20.9. The minimum absolute atomic E-state index is 0.130. The molecule has 0 bridgehead atoms. The Morgan fingerprint density at radius 3 is 2.52 bits per heavy atom. The molecule has 0 aliphatic heterocycles. The zero-order chi connectivity index (χ0) is 22.0. The van der Waals surface area contributed by atoms with Crippen molar-refractivity contribution in [1.29, 1.82) is 0 Å². The standard InChI is InChI=1S/C25H29N4O2/c1-19(2)29(3,4)18-28-24-11-10-22(14-21(24)16-26-28)27-13-12-23(15-25(27)30)31-17-20-8-6-5-7-9-20/h5-16,19H,17-18H2,1-4H3/q+1. The second kappa shape index (κ2) is 8.40. The molecular formula is C25H29N4O2+. The highest BCUT2D eigenvalue weighted by Gasteiger charge is 2.21. The van der Waals surface area contributed by atoms with Crippen LogP contribution in [0.1, 0.15) is 19.4 Å². The number of ether oxygens (including phenoxy) is 1. The molecule has 0 aliphatic carbocycles. The Morgan fingerprint density at radius 1 is 1.03 bits per heavy atom. The van der Waals surface area contributed by atoms with Crippen LogP contribution in [0.4, 0.5) is 0 Å². The zero-order valence-corrected chi connectivity index (χ0v) is 18.5. The van der Waals surface area contributed by atoms with E-state index >= 15 is 0 Å². The summed E-state index contributed by atoms with van der Waals surface area (Å²) in [5.41, 5.74) is 2.80. The number of aromatic nitrogens is 3. The first-order valence-corrected chi connectivity index (χ1v) is 10.5. The average Bonchev–Trinajstić information content (AvgIpc) is 3.14. The van der Waals surface area contributed by atoms with Crippen LogP contribution >= 0.6 is 0 Å². The monoisotopic (exact) mass is 417 g/mol. The van der Waals surface area contributed by atoms with Crippen LogP contribution in [-0.4, -0.2) is 39.0 Å². The number of hydrogen-bond donors (Lipinski definition) is 0. The third-order valence-corrected chi connectivity index (χ3v) is 5.94. The summed E-state index contributed by atoms with van der Waals surface area (Å²) < 4.78 is 10.3. The van der Waals surface area contributed by atoms with Crippen LogP contribution in [0.15, 0.2) is 77.9 Å². The number of hydrogen-bond acceptors (Lipinski definition) is 3. The van der Waals surface area contributed by atoms with Gasteiger partial charge in [0.1, 0.15) is 12.4 Å². The predicted octanol–water partition coefficient (Wildman–Crippen LogP) is 4.21. The Kier molecular flexibility index (Phi) is 5.65. The maximum absolute atomic E-state index is 12.7. The van der Waals surface area contributed by atoms with Crippen molar-refractivity contribution in [3.8, 4) is 11.4 Å². The molecule has 160 valence electrons. The molecule has 2 aromatic carbocycles. The third kappa shape index (κ3) is 4.54. The van der Waals surface area contributed by atoms with E-state index in [0.29, 0.717) is 18.4 Å². The Hall–Kier alpha value is -3.38. The van der Waals surface area contributed by atoms with Gasteiger partial charge in [0.25, 0.3) is 5.56 Å². The van der Waals surface area contributed by atoms with Gasteiger partial charge in [-0.15, -0.1) is 0 Å². The van der Waals surface area contributed by atoms with Crippen LogP contribution in [0, 0.1) is 0 Å². The third-order valence-electron chi connectivity index (χ3n) is 5.94. The molecule has 0 atom stereocenters. The van der Waals surface area contributed by atoms with Gasteiger partial charge in [-0.2, -0.15) is 5.10 Å². The first-order chi connectivity index (χ1) is 14.8. The average molecular weight is 418 g/mol. The van der Waals surface area contributed by atoms with Gasteiger partial charge in [-0.1, -0.05) is 30.3 Å². The minimum atomic E-state index is -0.130. The van der Waals surface area contributed by atoms with Crippen LogP contribution in [0.5, 0.6) is 5.75 Å². The Balaban J connectivity index is 1.55. The van der Waals surface area contributed by atoms with Gasteiger partial charge >= 0.3 is 0 Å². The van der Waals surface area contributed by atoms with E-state index in [9.17, 15) is 4.79 Å². The molecule has 2 aromatic heterocycles. The van der Waals surface area contributed by atoms with Crippen LogP contribution in [0.3, 0.4) is 0 Å². The SMILES string of the molecule is CC(C)[N+](C)(C)Cn1ncc2cc(-n3ccc(OCc4ccccc4)cc3=O)ccc21. The predicted molar refractivity (Wildman–Crippen MR) is 123 cm³/mol. The lowest BCUT2D eigenvalue weighted by Crippen LogP contribution is -2.46. The summed E-state index contributed by atoms with van der Waals surface area (Å²) in [6, 6.07) is 19.7. The molecule has 4 rings (SSSR count). The van der Waals surface area contributed by atoms with Gasteiger partial charge in [0.15, 0.2) is 6.67 Å². The van der Waals surface area contributed by atoms with Gasteiger partial charge in [-0.3, -0.25) is 9.36 Å². The van der Waals surface area contributed by atoms with Crippen LogP contribution in [0.2, 0.25) is 0 Å². The minimum Gasteiger partial charge on any atom is -0.489 e. The van der Waals surface area contributed by atoms with Gasteiger partial charge in [0.2, 0.25) is 0 Å². The second-order valence-electron chi connectivity index (χ2n) is 8.75. The highest BCUT2D eigenvalue weighted by molar-refractivity contribution is 5.80. The van der Waals surface area contributed by atoms with Crippen LogP contribution in [0.25, 0.3) is 16.6 Å². The summed E-state index contributed by atoms with van der Waals surface area (Å²) in [6.07, 6.45) is 3.62. The first-order valence-electron chi connectivity index (χ1n) is 10.5. The summed E-state index contributed by atoms with van der Waals surface area (Å²) in [5.74, 6) is 0.563. The topological polar surface area (TPSA) is 49.0 Å². The molecule has 31 heavy (non-hydrogen) atoms. The van der Waals surface area contributed by atoms with E-state index in [-0.39, 0.29) is 5.56 Å². The summed E-state index contributed by atoms with van der Waals surface area (Å²) >= 11 is 0. The second-order valence-corrected chi connectivity index (χ2v) is 8.75. The number of fused-ring (bicyclic) bond motifs is 1. The maximum atomic E-state index is 12.7. The van der Waals surface area contributed by atoms with E-state index in [4.69, 9.17) is 4.74 Å². The number of pyridine rings is 1. The molecule has 0 saturated heterocycles. The molecule has 0 unspecified atom stereocenters. The van der Waals surface area contributed by atoms with Crippen molar-refractivity contribution in [2.45, 2.75) is 33.2 Å². The zero-order valence-electron chi connectivity index (χ0n) is 18.5. The van der Waals surface area contributed by atoms with Gasteiger partial charge in [0.05, 0.1) is 31.9 Å². The van der Waals surface area contributed by atoms with Crippen LogP contribution < -0.4 is 10.3 Å². The van der Waals surface area contributed by atoms with Gasteiger partial charge in [-0.25, -0.2) is 4.68 Å². The molecule has 6 heteroatoms. The van der Waals surface area contributed by atoms with E-state index in [1.165, 1.54) is 6.07 Å².